The maximum Gasteiger partial charge on any atom is 0.272 e. The van der Waals surface area contributed by atoms with Gasteiger partial charge in [0.15, 0.2) is 17.3 Å². The van der Waals surface area contributed by atoms with Gasteiger partial charge in [0.1, 0.15) is 17.2 Å². The minimum Gasteiger partial charge on any atom is -0.357 e. The van der Waals surface area contributed by atoms with E-state index in [0.29, 0.717) is 44.1 Å². The van der Waals surface area contributed by atoms with Crippen molar-refractivity contribution in [2.24, 2.45) is 0 Å². The summed E-state index contributed by atoms with van der Waals surface area (Å²) in [6.07, 6.45) is 3.35. The number of likely N-dealkylation sites (N-methyl/N-ethyl adjacent to an activating group) is 1. The van der Waals surface area contributed by atoms with Crippen molar-refractivity contribution in [1.82, 2.24) is 25.1 Å². The standard InChI is InChI=1S/C22H26F3N5O2/c1-26-21(32)22(6-3-4-7-22)28-20(31)18-17-12-29(2)8-5-9-30(17)19(27-18)13-10-15(24)16(25)11-14(13)23/h10-11H,3-9,12H2,1-2H3,(H,26,32)(H,28,31). The normalized spacial score (nSPS) is 18.2. The molecule has 4 rings (SSSR count). The molecule has 2 N–H and O–H groups in total. The Morgan fingerprint density at radius 3 is 2.41 bits per heavy atom. The highest BCUT2D eigenvalue weighted by Crippen LogP contribution is 2.32. The number of nitrogens with one attached hydrogen (secondary N) is 2. The van der Waals surface area contributed by atoms with Crippen LogP contribution >= 0.6 is 0 Å². The summed E-state index contributed by atoms with van der Waals surface area (Å²) >= 11 is 0. The number of carbonyl (C=O) groups is 2. The van der Waals surface area contributed by atoms with E-state index in [-0.39, 0.29) is 23.0 Å². The zero-order valence-electron chi connectivity index (χ0n) is 18.1. The third-order valence-electron chi connectivity index (χ3n) is 6.35. The van der Waals surface area contributed by atoms with Crippen LogP contribution in [-0.4, -0.2) is 52.4 Å². The highest BCUT2D eigenvalue weighted by Gasteiger charge is 2.43. The van der Waals surface area contributed by atoms with Crippen molar-refractivity contribution in [3.8, 4) is 11.4 Å². The molecule has 1 fully saturated rings. The Hall–Kier alpha value is -2.88. The Balaban J connectivity index is 1.80. The number of carbonyl (C=O) groups excluding carboxylic acids is 2. The largest absolute Gasteiger partial charge is 0.357 e. The van der Waals surface area contributed by atoms with Crippen molar-refractivity contribution >= 4 is 11.8 Å². The van der Waals surface area contributed by atoms with E-state index in [4.69, 9.17) is 0 Å². The van der Waals surface area contributed by atoms with Gasteiger partial charge in [-0.2, -0.15) is 0 Å². The third-order valence-corrected chi connectivity index (χ3v) is 6.35. The van der Waals surface area contributed by atoms with Gasteiger partial charge in [-0.3, -0.25) is 9.59 Å². The fourth-order valence-electron chi connectivity index (χ4n) is 4.71. The highest BCUT2D eigenvalue weighted by molar-refractivity contribution is 5.99. The lowest BCUT2D eigenvalue weighted by molar-refractivity contribution is -0.126. The molecule has 1 aliphatic heterocycles. The van der Waals surface area contributed by atoms with Crippen LogP contribution in [0.3, 0.4) is 0 Å². The summed E-state index contributed by atoms with van der Waals surface area (Å²) in [6.45, 7) is 1.55. The molecule has 32 heavy (non-hydrogen) atoms. The van der Waals surface area contributed by atoms with Crippen LogP contribution in [0.15, 0.2) is 12.1 Å². The summed E-state index contributed by atoms with van der Waals surface area (Å²) < 4.78 is 43.7. The number of fused-ring (bicyclic) bond motifs is 1. The second-order valence-corrected chi connectivity index (χ2v) is 8.54. The predicted molar refractivity (Wildman–Crippen MR) is 111 cm³/mol. The Labute approximate surface area is 184 Å². The molecule has 2 aliphatic rings. The summed E-state index contributed by atoms with van der Waals surface area (Å²) in [4.78, 5) is 32.3. The topological polar surface area (TPSA) is 79.3 Å². The van der Waals surface area contributed by atoms with Crippen molar-refractivity contribution in [3.63, 3.8) is 0 Å². The first-order valence-electron chi connectivity index (χ1n) is 10.7. The third kappa shape index (κ3) is 3.87. The molecule has 1 aromatic heterocycles. The zero-order valence-corrected chi connectivity index (χ0v) is 18.1. The van der Waals surface area contributed by atoms with Crippen molar-refractivity contribution in [2.75, 3.05) is 20.6 Å². The predicted octanol–water partition coefficient (Wildman–Crippen LogP) is 2.59. The molecular weight excluding hydrogens is 423 g/mol. The molecule has 1 aromatic carbocycles. The van der Waals surface area contributed by atoms with Gasteiger partial charge in [-0.05, 0) is 38.9 Å². The lowest BCUT2D eigenvalue weighted by atomic mass is 9.96. The average molecular weight is 449 g/mol. The number of nitrogens with zero attached hydrogens (tertiary/aromatic N) is 3. The van der Waals surface area contributed by atoms with E-state index in [1.165, 1.54) is 7.05 Å². The minimum atomic E-state index is -1.29. The van der Waals surface area contributed by atoms with Gasteiger partial charge < -0.3 is 20.1 Å². The van der Waals surface area contributed by atoms with Crippen molar-refractivity contribution in [1.29, 1.82) is 0 Å². The summed E-state index contributed by atoms with van der Waals surface area (Å²) in [5.74, 6) is -4.18. The second-order valence-electron chi connectivity index (χ2n) is 8.54. The molecule has 0 spiro atoms. The van der Waals surface area contributed by atoms with Crippen molar-refractivity contribution in [3.05, 3.63) is 41.0 Å². The van der Waals surface area contributed by atoms with Gasteiger partial charge in [0.05, 0.1) is 11.3 Å². The molecule has 0 bridgehead atoms. The Morgan fingerprint density at radius 1 is 1.03 bits per heavy atom. The SMILES string of the molecule is CNC(=O)C1(NC(=O)c2nc(-c3cc(F)c(F)cc3F)n3c2CN(C)CCC3)CCCC1. The van der Waals surface area contributed by atoms with Gasteiger partial charge in [-0.15, -0.1) is 0 Å². The molecule has 10 heteroatoms. The molecule has 1 saturated carbocycles. The molecule has 0 saturated heterocycles. The Bertz CT molecular complexity index is 1060. The van der Waals surface area contributed by atoms with Crippen molar-refractivity contribution < 1.29 is 22.8 Å². The van der Waals surface area contributed by atoms with E-state index in [0.717, 1.165) is 25.5 Å². The van der Waals surface area contributed by atoms with Crippen LogP contribution in [0.4, 0.5) is 13.2 Å². The minimum absolute atomic E-state index is 0.0630. The lowest BCUT2D eigenvalue weighted by Gasteiger charge is -2.28. The van der Waals surface area contributed by atoms with E-state index in [2.05, 4.69) is 15.6 Å². The molecule has 7 nitrogen and oxygen atoms in total. The van der Waals surface area contributed by atoms with Crippen LogP contribution in [0.1, 0.15) is 48.3 Å². The van der Waals surface area contributed by atoms with Gasteiger partial charge in [0.2, 0.25) is 5.91 Å². The highest BCUT2D eigenvalue weighted by atomic mass is 19.2. The van der Waals surface area contributed by atoms with Crippen LogP contribution in [0.5, 0.6) is 0 Å². The van der Waals surface area contributed by atoms with Crippen LogP contribution < -0.4 is 10.6 Å². The number of halogens is 3. The van der Waals surface area contributed by atoms with Crippen LogP contribution in [-0.2, 0) is 17.9 Å². The van der Waals surface area contributed by atoms with Gasteiger partial charge in [-0.1, -0.05) is 12.8 Å². The van der Waals surface area contributed by atoms with Gasteiger partial charge in [-0.25, -0.2) is 18.2 Å². The average Bonchev–Trinajstić information content (AvgIpc) is 3.31. The summed E-state index contributed by atoms with van der Waals surface area (Å²) in [7, 11) is 3.42. The molecule has 1 aliphatic carbocycles. The number of amides is 2. The van der Waals surface area contributed by atoms with Gasteiger partial charge >= 0.3 is 0 Å². The number of rotatable bonds is 4. The molecule has 172 valence electrons. The summed E-state index contributed by atoms with van der Waals surface area (Å²) in [5, 5.41) is 5.49. The van der Waals surface area contributed by atoms with Crippen LogP contribution in [0.25, 0.3) is 11.4 Å². The van der Waals surface area contributed by atoms with Crippen LogP contribution in [0, 0.1) is 17.5 Å². The van der Waals surface area contributed by atoms with Crippen LogP contribution in [0.2, 0.25) is 0 Å². The van der Waals surface area contributed by atoms with E-state index < -0.39 is 28.9 Å². The number of hydrogen-bond acceptors (Lipinski definition) is 4. The molecule has 2 amide bonds. The molecule has 0 radical (unpaired) electrons. The molecule has 0 atom stereocenters. The number of hydrogen-bond donors (Lipinski definition) is 2. The Morgan fingerprint density at radius 2 is 1.72 bits per heavy atom. The smallest absolute Gasteiger partial charge is 0.272 e. The van der Waals surface area contributed by atoms with Gasteiger partial charge in [0, 0.05) is 26.2 Å². The fraction of sp³-hybridized carbons (Fsp3) is 0.500. The fourth-order valence-corrected chi connectivity index (χ4v) is 4.71. The van der Waals surface area contributed by atoms with Gasteiger partial charge in [0.25, 0.3) is 5.91 Å². The zero-order chi connectivity index (χ0) is 23.0. The maximum atomic E-state index is 14.6. The molecular formula is C22H26F3N5O2. The summed E-state index contributed by atoms with van der Waals surface area (Å²) in [5.41, 5.74) is -0.623. The monoisotopic (exact) mass is 449 g/mol. The number of imidazole rings is 1. The lowest BCUT2D eigenvalue weighted by Crippen LogP contribution is -2.56. The quantitative estimate of drug-likeness (QED) is 0.704. The Kier molecular flexibility index (Phi) is 5.98. The number of aromatic nitrogens is 2. The molecule has 2 heterocycles. The summed E-state index contributed by atoms with van der Waals surface area (Å²) in [6, 6.07) is 1.24. The maximum absolute atomic E-state index is 14.6. The van der Waals surface area contributed by atoms with Crippen molar-refractivity contribution in [2.45, 2.75) is 50.7 Å². The van der Waals surface area contributed by atoms with E-state index in [1.54, 1.807) is 4.57 Å². The van der Waals surface area contributed by atoms with E-state index in [9.17, 15) is 22.8 Å². The van der Waals surface area contributed by atoms with E-state index in [1.807, 2.05) is 11.9 Å². The number of benzene rings is 1. The first-order valence-corrected chi connectivity index (χ1v) is 10.7. The first-order chi connectivity index (χ1) is 15.3. The second kappa shape index (κ2) is 8.57. The first kappa shape index (κ1) is 22.3. The molecule has 2 aromatic rings. The molecule has 0 unspecified atom stereocenters. The van der Waals surface area contributed by atoms with E-state index >= 15 is 0 Å².